The minimum absolute atomic E-state index is 0.416. The molecule has 1 rings (SSSR count). The van der Waals surface area contributed by atoms with E-state index in [1.165, 1.54) is 0 Å². The van der Waals surface area contributed by atoms with E-state index in [0.717, 1.165) is 3.57 Å². The molecule has 1 aromatic rings. The summed E-state index contributed by atoms with van der Waals surface area (Å²) in [6.45, 7) is 3.30. The molecule has 0 spiro atoms. The van der Waals surface area contributed by atoms with Gasteiger partial charge in [-0.1, -0.05) is 6.07 Å². The van der Waals surface area contributed by atoms with Crippen LogP contribution < -0.4 is 4.72 Å². The first-order valence-corrected chi connectivity index (χ1v) is 6.81. The molecule has 0 bridgehead atoms. The van der Waals surface area contributed by atoms with Gasteiger partial charge in [-0.05, 0) is 54.6 Å². The van der Waals surface area contributed by atoms with Gasteiger partial charge in [-0.3, -0.25) is 4.72 Å². The van der Waals surface area contributed by atoms with Crippen LogP contribution in [0.25, 0.3) is 0 Å². The van der Waals surface area contributed by atoms with Crippen molar-refractivity contribution in [1.82, 2.24) is 0 Å². The maximum atomic E-state index is 11.5. The average Bonchev–Trinajstić information content (AvgIpc) is 2.02. The summed E-state index contributed by atoms with van der Waals surface area (Å²) < 4.78 is 26.5. The molecule has 0 saturated carbocycles. The standard InChI is InChI=1S/C9H12INO2S/c1-7(2)14(12,13)11-9-5-3-4-8(10)6-9/h3-7,11H,1-2H3. The lowest BCUT2D eigenvalue weighted by Gasteiger charge is -2.10. The van der Waals surface area contributed by atoms with Crippen molar-refractivity contribution in [2.45, 2.75) is 19.1 Å². The molecule has 1 aromatic carbocycles. The van der Waals surface area contributed by atoms with Gasteiger partial charge in [0.15, 0.2) is 0 Å². The highest BCUT2D eigenvalue weighted by Crippen LogP contribution is 2.15. The predicted octanol–water partition coefficient (Wildman–Crippen LogP) is 2.44. The molecule has 0 aliphatic carbocycles. The number of hydrogen-bond acceptors (Lipinski definition) is 2. The van der Waals surface area contributed by atoms with E-state index in [2.05, 4.69) is 27.3 Å². The molecule has 5 heteroatoms. The van der Waals surface area contributed by atoms with Gasteiger partial charge in [-0.15, -0.1) is 0 Å². The van der Waals surface area contributed by atoms with Crippen LogP contribution in [0.5, 0.6) is 0 Å². The lowest BCUT2D eigenvalue weighted by atomic mass is 10.3. The Labute approximate surface area is 98.1 Å². The summed E-state index contributed by atoms with van der Waals surface area (Å²) in [6, 6.07) is 7.26. The Morgan fingerprint density at radius 1 is 1.36 bits per heavy atom. The Hall–Kier alpha value is -0.300. The van der Waals surface area contributed by atoms with Gasteiger partial charge in [-0.25, -0.2) is 8.42 Å². The molecule has 0 aromatic heterocycles. The first-order valence-electron chi connectivity index (χ1n) is 4.19. The van der Waals surface area contributed by atoms with Gasteiger partial charge in [-0.2, -0.15) is 0 Å². The summed E-state index contributed by atoms with van der Waals surface area (Å²) in [7, 11) is -3.22. The molecule has 0 unspecified atom stereocenters. The third-order valence-corrected chi connectivity index (χ3v) is 4.14. The molecule has 0 fully saturated rings. The monoisotopic (exact) mass is 325 g/mol. The smallest absolute Gasteiger partial charge is 0.235 e. The number of sulfonamides is 1. The van der Waals surface area contributed by atoms with Crippen LogP contribution >= 0.6 is 22.6 Å². The van der Waals surface area contributed by atoms with Gasteiger partial charge in [0.25, 0.3) is 0 Å². The van der Waals surface area contributed by atoms with Crippen LogP contribution in [0, 0.1) is 3.57 Å². The fraction of sp³-hybridized carbons (Fsp3) is 0.333. The third-order valence-electron chi connectivity index (χ3n) is 1.71. The summed E-state index contributed by atoms with van der Waals surface area (Å²) in [5.74, 6) is 0. The zero-order valence-corrected chi connectivity index (χ0v) is 11.0. The van der Waals surface area contributed by atoms with Gasteiger partial charge in [0.2, 0.25) is 10.0 Å². The molecule has 0 heterocycles. The van der Waals surface area contributed by atoms with E-state index in [9.17, 15) is 8.42 Å². The minimum Gasteiger partial charge on any atom is -0.283 e. The summed E-state index contributed by atoms with van der Waals surface area (Å²) >= 11 is 2.14. The second-order valence-electron chi connectivity index (χ2n) is 3.21. The van der Waals surface area contributed by atoms with E-state index in [4.69, 9.17) is 0 Å². The molecule has 0 atom stereocenters. The van der Waals surface area contributed by atoms with Crippen molar-refractivity contribution in [1.29, 1.82) is 0 Å². The minimum atomic E-state index is -3.22. The number of rotatable bonds is 3. The molecular weight excluding hydrogens is 313 g/mol. The molecular formula is C9H12INO2S. The predicted molar refractivity (Wildman–Crippen MR) is 66.8 cm³/mol. The molecule has 0 saturated heterocycles. The maximum absolute atomic E-state index is 11.5. The first kappa shape index (κ1) is 11.8. The van der Waals surface area contributed by atoms with Crippen molar-refractivity contribution in [2.24, 2.45) is 0 Å². The number of anilines is 1. The normalized spacial score (nSPS) is 11.7. The Morgan fingerprint density at radius 2 is 2.00 bits per heavy atom. The fourth-order valence-corrected chi connectivity index (χ4v) is 2.07. The number of benzene rings is 1. The van der Waals surface area contributed by atoms with Gasteiger partial charge >= 0.3 is 0 Å². The van der Waals surface area contributed by atoms with Crippen LogP contribution in [0.2, 0.25) is 0 Å². The highest BCUT2D eigenvalue weighted by molar-refractivity contribution is 14.1. The zero-order valence-electron chi connectivity index (χ0n) is 7.99. The molecule has 0 amide bonds. The van der Waals surface area contributed by atoms with Crippen LogP contribution in [0.15, 0.2) is 24.3 Å². The van der Waals surface area contributed by atoms with Crippen molar-refractivity contribution in [3.05, 3.63) is 27.8 Å². The van der Waals surface area contributed by atoms with E-state index in [1.54, 1.807) is 26.0 Å². The van der Waals surface area contributed by atoms with Gasteiger partial charge in [0.1, 0.15) is 0 Å². The summed E-state index contributed by atoms with van der Waals surface area (Å²) in [6.07, 6.45) is 0. The topological polar surface area (TPSA) is 46.2 Å². The van der Waals surface area contributed by atoms with Gasteiger partial charge < -0.3 is 0 Å². The van der Waals surface area contributed by atoms with Crippen LogP contribution in [-0.2, 0) is 10.0 Å². The van der Waals surface area contributed by atoms with Crippen molar-refractivity contribution < 1.29 is 8.42 Å². The third kappa shape index (κ3) is 3.13. The summed E-state index contributed by atoms with van der Waals surface area (Å²) in [5, 5.41) is -0.416. The van der Waals surface area contributed by atoms with Gasteiger partial charge in [0.05, 0.1) is 5.25 Å². The zero-order chi connectivity index (χ0) is 10.8. The summed E-state index contributed by atoms with van der Waals surface area (Å²) in [4.78, 5) is 0. The van der Waals surface area contributed by atoms with E-state index < -0.39 is 15.3 Å². The van der Waals surface area contributed by atoms with Gasteiger partial charge in [0, 0.05) is 9.26 Å². The van der Waals surface area contributed by atoms with Crippen LogP contribution in [0.4, 0.5) is 5.69 Å². The Morgan fingerprint density at radius 3 is 2.50 bits per heavy atom. The highest BCUT2D eigenvalue weighted by atomic mass is 127. The second kappa shape index (κ2) is 4.48. The SMILES string of the molecule is CC(C)S(=O)(=O)Nc1cccc(I)c1. The van der Waals surface area contributed by atoms with Crippen molar-refractivity contribution >= 4 is 38.3 Å². The van der Waals surface area contributed by atoms with E-state index in [0.29, 0.717) is 5.69 Å². The quantitative estimate of drug-likeness (QED) is 0.868. The van der Waals surface area contributed by atoms with Crippen LogP contribution in [0.3, 0.4) is 0 Å². The van der Waals surface area contributed by atoms with Crippen molar-refractivity contribution in [3.63, 3.8) is 0 Å². The Balaban J connectivity index is 2.90. The number of hydrogen-bond donors (Lipinski definition) is 1. The number of nitrogens with one attached hydrogen (secondary N) is 1. The lowest BCUT2D eigenvalue weighted by Crippen LogP contribution is -2.22. The molecule has 14 heavy (non-hydrogen) atoms. The maximum Gasteiger partial charge on any atom is 0.235 e. The molecule has 0 radical (unpaired) electrons. The van der Waals surface area contributed by atoms with Crippen LogP contribution in [-0.4, -0.2) is 13.7 Å². The van der Waals surface area contributed by atoms with Crippen molar-refractivity contribution in [2.75, 3.05) is 4.72 Å². The molecule has 1 N–H and O–H groups in total. The largest absolute Gasteiger partial charge is 0.283 e. The van der Waals surface area contributed by atoms with Crippen LogP contribution in [0.1, 0.15) is 13.8 Å². The summed E-state index contributed by atoms with van der Waals surface area (Å²) in [5.41, 5.74) is 0.616. The molecule has 0 aliphatic rings. The van der Waals surface area contributed by atoms with E-state index in [1.807, 2.05) is 12.1 Å². The second-order valence-corrected chi connectivity index (χ2v) is 6.69. The van der Waals surface area contributed by atoms with E-state index in [-0.39, 0.29) is 0 Å². The highest BCUT2D eigenvalue weighted by Gasteiger charge is 2.15. The number of halogens is 1. The average molecular weight is 325 g/mol. The molecule has 3 nitrogen and oxygen atoms in total. The molecule has 78 valence electrons. The Kier molecular flexibility index (Phi) is 3.77. The Bertz CT molecular complexity index is 415. The fourth-order valence-electron chi connectivity index (χ4n) is 0.834. The molecule has 0 aliphatic heterocycles. The lowest BCUT2D eigenvalue weighted by molar-refractivity contribution is 0.593. The van der Waals surface area contributed by atoms with Crippen molar-refractivity contribution in [3.8, 4) is 0 Å². The first-order chi connectivity index (χ1) is 6.42. The van der Waals surface area contributed by atoms with E-state index >= 15 is 0 Å².